The Morgan fingerprint density at radius 3 is 2.28 bits per heavy atom. The van der Waals surface area contributed by atoms with E-state index in [1.807, 2.05) is 24.3 Å². The fourth-order valence-electron chi connectivity index (χ4n) is 3.32. The van der Waals surface area contributed by atoms with E-state index in [0.717, 1.165) is 21.1 Å². The van der Waals surface area contributed by atoms with E-state index in [1.165, 1.54) is 17.9 Å². The van der Waals surface area contributed by atoms with E-state index in [1.54, 1.807) is 6.21 Å². The standard InChI is InChI=1S/C22H16BrI2N3O/c23-15-3-1-2-14(10-15)13-26-27-22(29)8-9-28-20-6-4-16(24)11-18(20)19-12-17(25)5-7-21(19)28/h1-7,10-13H,8-9H2,(H,27,29)/b26-13-. The second-order valence-corrected chi connectivity index (χ2v) is 9.98. The van der Waals surface area contributed by atoms with Crippen LogP contribution in [0.25, 0.3) is 21.8 Å². The van der Waals surface area contributed by atoms with Crippen molar-refractivity contribution in [2.45, 2.75) is 13.0 Å². The largest absolute Gasteiger partial charge is 0.340 e. The van der Waals surface area contributed by atoms with Crippen LogP contribution in [0, 0.1) is 7.14 Å². The SMILES string of the molecule is O=C(CCn1c2ccc(I)cc2c2cc(I)ccc21)N/N=C\c1cccc(Br)c1. The highest BCUT2D eigenvalue weighted by molar-refractivity contribution is 14.1. The van der Waals surface area contributed by atoms with Crippen LogP contribution >= 0.6 is 61.1 Å². The zero-order valence-electron chi connectivity index (χ0n) is 15.2. The molecule has 1 N–H and O–H groups in total. The van der Waals surface area contributed by atoms with Gasteiger partial charge in [0.05, 0.1) is 6.21 Å². The number of aromatic nitrogens is 1. The first-order valence-electron chi connectivity index (χ1n) is 8.96. The minimum atomic E-state index is -0.109. The number of rotatable bonds is 5. The van der Waals surface area contributed by atoms with Crippen molar-refractivity contribution >= 4 is 95.0 Å². The molecular weight excluding hydrogens is 656 g/mol. The van der Waals surface area contributed by atoms with Gasteiger partial charge in [0.25, 0.3) is 0 Å². The zero-order chi connectivity index (χ0) is 20.4. The number of aryl methyl sites for hydroxylation is 1. The summed E-state index contributed by atoms with van der Waals surface area (Å²) in [4.78, 5) is 12.3. The molecule has 1 aromatic heterocycles. The molecule has 4 nitrogen and oxygen atoms in total. The quantitative estimate of drug-likeness (QED) is 0.151. The lowest BCUT2D eigenvalue weighted by molar-refractivity contribution is -0.121. The van der Waals surface area contributed by atoms with Crippen molar-refractivity contribution in [3.05, 3.63) is 77.8 Å². The number of hydrazone groups is 1. The zero-order valence-corrected chi connectivity index (χ0v) is 21.1. The number of halogens is 3. The van der Waals surface area contributed by atoms with Gasteiger partial charge in [-0.3, -0.25) is 4.79 Å². The lowest BCUT2D eigenvalue weighted by Crippen LogP contribution is -2.19. The maximum absolute atomic E-state index is 12.3. The fraction of sp³-hybridized carbons (Fsp3) is 0.0909. The third-order valence-corrected chi connectivity index (χ3v) is 6.44. The van der Waals surface area contributed by atoms with Crippen LogP contribution in [-0.4, -0.2) is 16.7 Å². The van der Waals surface area contributed by atoms with Crippen LogP contribution in [0.2, 0.25) is 0 Å². The molecule has 0 saturated carbocycles. The average molecular weight is 672 g/mol. The van der Waals surface area contributed by atoms with Crippen molar-refractivity contribution in [2.24, 2.45) is 5.10 Å². The van der Waals surface area contributed by atoms with Crippen LogP contribution in [0.5, 0.6) is 0 Å². The molecule has 0 atom stereocenters. The molecule has 0 bridgehead atoms. The Kier molecular flexibility index (Phi) is 6.55. The molecule has 0 radical (unpaired) electrons. The van der Waals surface area contributed by atoms with E-state index in [4.69, 9.17) is 0 Å². The Bertz CT molecular complexity index is 1190. The van der Waals surface area contributed by atoms with E-state index in [9.17, 15) is 4.79 Å². The number of fused-ring (bicyclic) bond motifs is 3. The highest BCUT2D eigenvalue weighted by atomic mass is 127. The van der Waals surface area contributed by atoms with Gasteiger partial charge in [0.15, 0.2) is 0 Å². The molecule has 1 amide bonds. The van der Waals surface area contributed by atoms with Crippen molar-refractivity contribution in [1.29, 1.82) is 0 Å². The predicted molar refractivity (Wildman–Crippen MR) is 139 cm³/mol. The molecule has 0 aliphatic rings. The predicted octanol–water partition coefficient (Wildman–Crippen LogP) is 6.31. The normalized spacial score (nSPS) is 11.6. The summed E-state index contributed by atoms with van der Waals surface area (Å²) in [6.07, 6.45) is 2.00. The first-order valence-corrected chi connectivity index (χ1v) is 11.9. The molecule has 0 aliphatic heterocycles. The fourth-order valence-corrected chi connectivity index (χ4v) is 4.72. The molecule has 4 aromatic rings. The van der Waals surface area contributed by atoms with E-state index in [2.05, 4.69) is 113 Å². The number of benzene rings is 3. The third kappa shape index (κ3) is 4.83. The maximum atomic E-state index is 12.3. The van der Waals surface area contributed by atoms with Crippen LogP contribution in [0.4, 0.5) is 0 Å². The molecule has 0 unspecified atom stereocenters. The number of hydrogen-bond acceptors (Lipinski definition) is 2. The first-order chi connectivity index (χ1) is 14.0. The first kappa shape index (κ1) is 20.8. The highest BCUT2D eigenvalue weighted by Crippen LogP contribution is 2.31. The lowest BCUT2D eigenvalue weighted by Gasteiger charge is -2.07. The van der Waals surface area contributed by atoms with Crippen LogP contribution in [0.15, 0.2) is 70.2 Å². The van der Waals surface area contributed by atoms with E-state index >= 15 is 0 Å². The number of nitrogens with zero attached hydrogens (tertiary/aromatic N) is 2. The molecule has 1 heterocycles. The van der Waals surface area contributed by atoms with Crippen molar-refractivity contribution in [2.75, 3.05) is 0 Å². The van der Waals surface area contributed by atoms with Gasteiger partial charge in [-0.05, 0) is 99.3 Å². The molecule has 4 rings (SSSR count). The van der Waals surface area contributed by atoms with E-state index in [-0.39, 0.29) is 5.91 Å². The van der Waals surface area contributed by atoms with Crippen molar-refractivity contribution in [3.8, 4) is 0 Å². The summed E-state index contributed by atoms with van der Waals surface area (Å²) in [6, 6.07) is 20.6. The number of hydrogen-bond donors (Lipinski definition) is 1. The molecule has 3 aromatic carbocycles. The van der Waals surface area contributed by atoms with Gasteiger partial charge in [0.2, 0.25) is 5.91 Å². The van der Waals surface area contributed by atoms with Gasteiger partial charge < -0.3 is 4.57 Å². The van der Waals surface area contributed by atoms with Gasteiger partial charge in [-0.25, -0.2) is 5.43 Å². The number of nitrogens with one attached hydrogen (secondary N) is 1. The minimum absolute atomic E-state index is 0.109. The molecule has 146 valence electrons. The van der Waals surface area contributed by atoms with Crippen LogP contribution < -0.4 is 5.43 Å². The smallest absolute Gasteiger partial charge is 0.241 e. The van der Waals surface area contributed by atoms with Gasteiger partial charge in [-0.1, -0.05) is 28.1 Å². The molecular formula is C22H16BrI2N3O. The van der Waals surface area contributed by atoms with Gasteiger partial charge in [-0.2, -0.15) is 5.10 Å². The van der Waals surface area contributed by atoms with Crippen LogP contribution in [0.3, 0.4) is 0 Å². The highest BCUT2D eigenvalue weighted by Gasteiger charge is 2.12. The van der Waals surface area contributed by atoms with Crippen molar-refractivity contribution < 1.29 is 4.79 Å². The Morgan fingerprint density at radius 1 is 1.00 bits per heavy atom. The Morgan fingerprint density at radius 2 is 1.66 bits per heavy atom. The lowest BCUT2D eigenvalue weighted by atomic mass is 10.2. The van der Waals surface area contributed by atoms with E-state index < -0.39 is 0 Å². The summed E-state index contributed by atoms with van der Waals surface area (Å²) in [7, 11) is 0. The molecule has 0 aliphatic carbocycles. The van der Waals surface area contributed by atoms with Gasteiger partial charge >= 0.3 is 0 Å². The minimum Gasteiger partial charge on any atom is -0.340 e. The molecule has 7 heteroatoms. The summed E-state index contributed by atoms with van der Waals surface area (Å²) in [5.74, 6) is -0.109. The van der Waals surface area contributed by atoms with Crippen molar-refractivity contribution in [3.63, 3.8) is 0 Å². The van der Waals surface area contributed by atoms with Crippen molar-refractivity contribution in [1.82, 2.24) is 9.99 Å². The van der Waals surface area contributed by atoms with Crippen LogP contribution in [-0.2, 0) is 11.3 Å². The summed E-state index contributed by atoms with van der Waals surface area (Å²) >= 11 is 8.10. The monoisotopic (exact) mass is 671 g/mol. The third-order valence-electron chi connectivity index (χ3n) is 4.60. The molecule has 0 saturated heterocycles. The summed E-state index contributed by atoms with van der Waals surface area (Å²) in [6.45, 7) is 0.597. The average Bonchev–Trinajstić information content (AvgIpc) is 2.98. The summed E-state index contributed by atoms with van der Waals surface area (Å²) in [5.41, 5.74) is 5.84. The molecule has 0 fully saturated rings. The number of amides is 1. The number of carbonyl (C=O) groups excluding carboxylic acids is 1. The second-order valence-electron chi connectivity index (χ2n) is 6.57. The molecule has 29 heavy (non-hydrogen) atoms. The van der Waals surface area contributed by atoms with Crippen LogP contribution in [0.1, 0.15) is 12.0 Å². The van der Waals surface area contributed by atoms with Gasteiger partial charge in [0, 0.05) is 46.4 Å². The summed E-state index contributed by atoms with van der Waals surface area (Å²) < 4.78 is 5.60. The number of carbonyl (C=O) groups is 1. The Balaban J connectivity index is 1.52. The Hall–Kier alpha value is -1.46. The van der Waals surface area contributed by atoms with Gasteiger partial charge in [-0.15, -0.1) is 0 Å². The second kappa shape index (κ2) is 9.13. The molecule has 0 spiro atoms. The van der Waals surface area contributed by atoms with E-state index in [0.29, 0.717) is 13.0 Å². The summed E-state index contributed by atoms with van der Waals surface area (Å²) in [5, 5.41) is 6.52. The Labute approximate surface area is 204 Å². The topological polar surface area (TPSA) is 46.4 Å². The maximum Gasteiger partial charge on any atom is 0.241 e. The van der Waals surface area contributed by atoms with Gasteiger partial charge in [0.1, 0.15) is 0 Å².